The summed E-state index contributed by atoms with van der Waals surface area (Å²) in [6.07, 6.45) is 0.0674. The highest BCUT2D eigenvalue weighted by atomic mass is 16.5. The molecule has 1 heterocycles. The van der Waals surface area contributed by atoms with Gasteiger partial charge in [0, 0.05) is 13.0 Å². The van der Waals surface area contributed by atoms with Gasteiger partial charge in [-0.3, -0.25) is 9.59 Å². The molecule has 0 bridgehead atoms. The number of carbonyl (C=O) groups excluding carboxylic acids is 2. The highest BCUT2D eigenvalue weighted by molar-refractivity contribution is 5.91. The topological polar surface area (TPSA) is 95.9 Å². The minimum Gasteiger partial charge on any atom is -0.497 e. The fourth-order valence-corrected chi connectivity index (χ4v) is 3.54. The van der Waals surface area contributed by atoms with Gasteiger partial charge in [-0.15, -0.1) is 0 Å². The van der Waals surface area contributed by atoms with E-state index in [1.807, 2.05) is 37.3 Å². The number of carbonyl (C=O) groups is 3. The maximum Gasteiger partial charge on any atom is 0.330 e. The van der Waals surface area contributed by atoms with E-state index >= 15 is 0 Å². The summed E-state index contributed by atoms with van der Waals surface area (Å²) in [4.78, 5) is 38.6. The molecule has 1 saturated heterocycles. The number of nitrogens with one attached hydrogen (secondary N) is 1. The van der Waals surface area contributed by atoms with E-state index in [4.69, 9.17) is 4.74 Å². The largest absolute Gasteiger partial charge is 0.497 e. The normalized spacial score (nSPS) is 18.2. The van der Waals surface area contributed by atoms with Crippen molar-refractivity contribution < 1.29 is 24.2 Å². The molecular formula is C22H24N2O5. The van der Waals surface area contributed by atoms with Crippen LogP contribution in [0.5, 0.6) is 5.75 Å². The quantitative estimate of drug-likeness (QED) is 0.750. The number of benzene rings is 2. The number of carboxylic acid groups (broad SMARTS) is 1. The van der Waals surface area contributed by atoms with Gasteiger partial charge in [-0.2, -0.15) is 0 Å². The molecule has 3 rings (SSSR count). The molecule has 3 unspecified atom stereocenters. The summed E-state index contributed by atoms with van der Waals surface area (Å²) in [6.45, 7) is 2.18. The molecule has 2 aromatic rings. The molecular weight excluding hydrogens is 372 g/mol. The first-order chi connectivity index (χ1) is 13.9. The zero-order valence-electron chi connectivity index (χ0n) is 16.4. The minimum atomic E-state index is -1.19. The van der Waals surface area contributed by atoms with Crippen molar-refractivity contribution >= 4 is 17.8 Å². The molecule has 1 aliphatic heterocycles. The van der Waals surface area contributed by atoms with Crippen LogP contribution in [0, 0.1) is 5.92 Å². The molecule has 2 amide bonds. The summed E-state index contributed by atoms with van der Waals surface area (Å²) >= 11 is 0. The Kier molecular flexibility index (Phi) is 6.16. The summed E-state index contributed by atoms with van der Waals surface area (Å²) in [5.41, 5.74) is 1.43. The molecule has 2 aromatic carbocycles. The van der Waals surface area contributed by atoms with E-state index in [2.05, 4.69) is 5.32 Å². The van der Waals surface area contributed by atoms with Gasteiger partial charge in [0.2, 0.25) is 11.8 Å². The molecule has 3 atom stereocenters. The summed E-state index contributed by atoms with van der Waals surface area (Å²) in [7, 11) is 1.52. The number of rotatable bonds is 7. The summed E-state index contributed by atoms with van der Waals surface area (Å²) < 4.78 is 5.08. The third-order valence-electron chi connectivity index (χ3n) is 5.26. The summed E-state index contributed by atoms with van der Waals surface area (Å²) in [5.74, 6) is -1.71. The lowest BCUT2D eigenvalue weighted by Gasteiger charge is -2.25. The Bertz CT molecular complexity index is 882. The van der Waals surface area contributed by atoms with Gasteiger partial charge in [0.1, 0.15) is 5.75 Å². The monoisotopic (exact) mass is 396 g/mol. The van der Waals surface area contributed by atoms with Crippen LogP contribution in [0.4, 0.5) is 0 Å². The fraction of sp³-hybridized carbons (Fsp3) is 0.318. The summed E-state index contributed by atoms with van der Waals surface area (Å²) in [5, 5.41) is 12.1. The number of ether oxygens (including phenoxy) is 1. The van der Waals surface area contributed by atoms with E-state index in [0.717, 1.165) is 5.56 Å². The van der Waals surface area contributed by atoms with Crippen LogP contribution < -0.4 is 10.1 Å². The van der Waals surface area contributed by atoms with Crippen LogP contribution in [0.3, 0.4) is 0 Å². The maximum absolute atomic E-state index is 12.7. The second-order valence-electron chi connectivity index (χ2n) is 7.09. The smallest absolute Gasteiger partial charge is 0.330 e. The van der Waals surface area contributed by atoms with E-state index in [-0.39, 0.29) is 24.9 Å². The molecule has 7 nitrogen and oxygen atoms in total. The van der Waals surface area contributed by atoms with Crippen LogP contribution in [0.25, 0.3) is 0 Å². The van der Waals surface area contributed by atoms with Gasteiger partial charge in [-0.05, 0) is 30.2 Å². The molecule has 0 aliphatic carbocycles. The van der Waals surface area contributed by atoms with E-state index in [0.29, 0.717) is 11.3 Å². The first-order valence-corrected chi connectivity index (χ1v) is 9.42. The highest BCUT2D eigenvalue weighted by Crippen LogP contribution is 2.29. The highest BCUT2D eigenvalue weighted by Gasteiger charge is 2.38. The van der Waals surface area contributed by atoms with E-state index in [1.165, 1.54) is 7.11 Å². The number of nitrogens with zero attached hydrogens (tertiary/aromatic N) is 1. The van der Waals surface area contributed by atoms with Gasteiger partial charge in [0.05, 0.1) is 19.1 Å². The molecule has 152 valence electrons. The first-order valence-electron chi connectivity index (χ1n) is 9.42. The van der Waals surface area contributed by atoms with Crippen molar-refractivity contribution in [3.05, 3.63) is 65.7 Å². The van der Waals surface area contributed by atoms with Gasteiger partial charge >= 0.3 is 5.97 Å². The predicted octanol–water partition coefficient (Wildman–Crippen LogP) is 2.55. The third kappa shape index (κ3) is 4.56. The van der Waals surface area contributed by atoms with Crippen LogP contribution in [0.1, 0.15) is 36.6 Å². The molecule has 1 fully saturated rings. The first kappa shape index (κ1) is 20.4. The van der Waals surface area contributed by atoms with Gasteiger partial charge in [0.25, 0.3) is 0 Å². The second-order valence-corrected chi connectivity index (χ2v) is 7.09. The van der Waals surface area contributed by atoms with Crippen molar-refractivity contribution in [3.63, 3.8) is 0 Å². The van der Waals surface area contributed by atoms with Crippen molar-refractivity contribution in [2.24, 2.45) is 5.92 Å². The molecule has 2 N–H and O–H groups in total. The number of aliphatic carboxylic acids is 1. The lowest BCUT2D eigenvalue weighted by atomic mass is 10.0. The van der Waals surface area contributed by atoms with E-state index < -0.39 is 23.8 Å². The number of likely N-dealkylation sites (tertiary alicyclic amines) is 1. The number of carboxylic acids is 1. The Morgan fingerprint density at radius 3 is 2.34 bits per heavy atom. The lowest BCUT2D eigenvalue weighted by Crippen LogP contribution is -2.39. The average molecular weight is 396 g/mol. The van der Waals surface area contributed by atoms with Crippen LogP contribution in [0.2, 0.25) is 0 Å². The molecule has 0 saturated carbocycles. The second kappa shape index (κ2) is 8.77. The SMILES string of the molecule is COc1ccc(C(NC(=O)C2CC(=O)N(C(C)c3ccccc3)C2)C(=O)O)cc1. The molecule has 29 heavy (non-hydrogen) atoms. The molecule has 0 aromatic heterocycles. The van der Waals surface area contributed by atoms with Gasteiger partial charge < -0.3 is 20.1 Å². The lowest BCUT2D eigenvalue weighted by molar-refractivity contribution is -0.142. The zero-order chi connectivity index (χ0) is 21.0. The Balaban J connectivity index is 1.69. The third-order valence-corrected chi connectivity index (χ3v) is 5.26. The van der Waals surface area contributed by atoms with Crippen molar-refractivity contribution in [2.75, 3.05) is 13.7 Å². The Morgan fingerprint density at radius 2 is 1.76 bits per heavy atom. The Hall–Kier alpha value is -3.35. The molecule has 1 aliphatic rings. The molecule has 7 heteroatoms. The van der Waals surface area contributed by atoms with Crippen molar-refractivity contribution in [1.82, 2.24) is 10.2 Å². The van der Waals surface area contributed by atoms with Crippen LogP contribution >= 0.6 is 0 Å². The standard InChI is InChI=1S/C22H24N2O5/c1-14(15-6-4-3-5-7-15)24-13-17(12-19(24)25)21(26)23-20(22(27)28)16-8-10-18(29-2)11-9-16/h3-11,14,17,20H,12-13H2,1-2H3,(H,23,26)(H,27,28). The molecule has 0 radical (unpaired) electrons. The Morgan fingerprint density at radius 1 is 1.10 bits per heavy atom. The van der Waals surface area contributed by atoms with Gasteiger partial charge in [-0.25, -0.2) is 4.79 Å². The van der Waals surface area contributed by atoms with Gasteiger partial charge in [0.15, 0.2) is 6.04 Å². The number of amides is 2. The predicted molar refractivity (Wildman–Crippen MR) is 106 cm³/mol. The minimum absolute atomic E-state index is 0.0674. The van der Waals surface area contributed by atoms with Crippen LogP contribution in [-0.2, 0) is 14.4 Å². The van der Waals surface area contributed by atoms with E-state index in [1.54, 1.807) is 29.2 Å². The fourth-order valence-electron chi connectivity index (χ4n) is 3.54. The van der Waals surface area contributed by atoms with Crippen molar-refractivity contribution in [1.29, 1.82) is 0 Å². The number of hydrogen-bond acceptors (Lipinski definition) is 4. The number of methoxy groups -OCH3 is 1. The van der Waals surface area contributed by atoms with Crippen molar-refractivity contribution in [3.8, 4) is 5.75 Å². The Labute approximate surface area is 169 Å². The zero-order valence-corrected chi connectivity index (χ0v) is 16.4. The molecule has 0 spiro atoms. The average Bonchev–Trinajstić information content (AvgIpc) is 3.13. The van der Waals surface area contributed by atoms with Gasteiger partial charge in [-0.1, -0.05) is 42.5 Å². The maximum atomic E-state index is 12.7. The van der Waals surface area contributed by atoms with Crippen molar-refractivity contribution in [2.45, 2.75) is 25.4 Å². The number of hydrogen-bond donors (Lipinski definition) is 2. The van der Waals surface area contributed by atoms with Crippen LogP contribution in [0.15, 0.2) is 54.6 Å². The summed E-state index contributed by atoms with van der Waals surface area (Å²) in [6, 6.07) is 14.7. The van der Waals surface area contributed by atoms with Crippen LogP contribution in [-0.4, -0.2) is 41.4 Å². The van der Waals surface area contributed by atoms with E-state index in [9.17, 15) is 19.5 Å².